The second-order valence-corrected chi connectivity index (χ2v) is 5.59. The van der Waals surface area contributed by atoms with Gasteiger partial charge in [-0.25, -0.2) is 0 Å². The molecule has 2 N–H and O–H groups in total. The van der Waals surface area contributed by atoms with Crippen molar-refractivity contribution in [2.45, 2.75) is 64.9 Å². The summed E-state index contributed by atoms with van der Waals surface area (Å²) in [6, 6.07) is 0. The van der Waals surface area contributed by atoms with E-state index in [-0.39, 0.29) is 11.7 Å². The van der Waals surface area contributed by atoms with E-state index in [1.807, 2.05) is 20.8 Å². The van der Waals surface area contributed by atoms with E-state index in [0.717, 1.165) is 38.5 Å². The zero-order valence-electron chi connectivity index (χ0n) is 11.6. The second-order valence-electron chi connectivity index (χ2n) is 5.59. The first-order chi connectivity index (χ1) is 7.74. The summed E-state index contributed by atoms with van der Waals surface area (Å²) in [6.45, 7) is 13.2. The van der Waals surface area contributed by atoms with Crippen molar-refractivity contribution >= 4 is 0 Å². The largest absolute Gasteiger partial charge is 0.513 e. The highest BCUT2D eigenvalue weighted by Crippen LogP contribution is 2.24. The fourth-order valence-corrected chi connectivity index (χ4v) is 1.85. The van der Waals surface area contributed by atoms with Gasteiger partial charge in [-0.1, -0.05) is 19.1 Å². The van der Waals surface area contributed by atoms with Crippen LogP contribution in [0.1, 0.15) is 59.3 Å². The quantitative estimate of drug-likeness (QED) is 0.464. The fraction of sp³-hybridized carbons (Fsp3) is 0.733. The lowest BCUT2D eigenvalue weighted by Gasteiger charge is -2.24. The minimum Gasteiger partial charge on any atom is -0.513 e. The van der Waals surface area contributed by atoms with Crippen molar-refractivity contribution in [2.24, 2.45) is 5.92 Å². The minimum atomic E-state index is -0.591. The molecular formula is C15H28O2. The predicted molar refractivity (Wildman–Crippen MR) is 74.1 cm³/mol. The molecule has 0 aliphatic carbocycles. The molecule has 2 heteroatoms. The molecule has 2 unspecified atom stereocenters. The van der Waals surface area contributed by atoms with Gasteiger partial charge in [0.2, 0.25) is 0 Å². The first-order valence-electron chi connectivity index (χ1n) is 6.49. The summed E-state index contributed by atoms with van der Waals surface area (Å²) in [4.78, 5) is 0. The molecular weight excluding hydrogens is 212 g/mol. The average Bonchev–Trinajstić information content (AvgIpc) is 2.15. The highest BCUT2D eigenvalue weighted by Gasteiger charge is 2.19. The number of aliphatic hydroxyl groups excluding tert-OH is 1. The summed E-state index contributed by atoms with van der Waals surface area (Å²) in [6.07, 6.45) is 5.37. The average molecular weight is 240 g/mol. The van der Waals surface area contributed by atoms with E-state index >= 15 is 0 Å². The monoisotopic (exact) mass is 240 g/mol. The van der Waals surface area contributed by atoms with Crippen LogP contribution < -0.4 is 0 Å². The number of hydrogen-bond acceptors (Lipinski definition) is 2. The summed E-state index contributed by atoms with van der Waals surface area (Å²) >= 11 is 0. The third kappa shape index (κ3) is 8.99. The molecule has 0 aliphatic heterocycles. The Kier molecular flexibility index (Phi) is 7.21. The molecule has 0 fully saturated rings. The van der Waals surface area contributed by atoms with Crippen LogP contribution in [0.5, 0.6) is 0 Å². The maximum Gasteiger partial charge on any atom is 0.0879 e. The second kappa shape index (κ2) is 7.54. The molecule has 2 nitrogen and oxygen atoms in total. The molecule has 0 bridgehead atoms. The van der Waals surface area contributed by atoms with Gasteiger partial charge in [0.15, 0.2) is 0 Å². The van der Waals surface area contributed by atoms with Crippen molar-refractivity contribution in [3.8, 4) is 0 Å². The van der Waals surface area contributed by atoms with Crippen molar-refractivity contribution in [3.63, 3.8) is 0 Å². The minimum absolute atomic E-state index is 0.126. The smallest absolute Gasteiger partial charge is 0.0879 e. The summed E-state index contributed by atoms with van der Waals surface area (Å²) in [5, 5.41) is 19.4. The third-order valence-corrected chi connectivity index (χ3v) is 3.24. The van der Waals surface area contributed by atoms with Crippen LogP contribution in [0.15, 0.2) is 24.5 Å². The summed E-state index contributed by atoms with van der Waals surface area (Å²) in [7, 11) is 0. The molecule has 0 aromatic heterocycles. The van der Waals surface area contributed by atoms with Gasteiger partial charge >= 0.3 is 0 Å². The van der Waals surface area contributed by atoms with Gasteiger partial charge in [0.05, 0.1) is 11.4 Å². The van der Waals surface area contributed by atoms with Crippen molar-refractivity contribution in [1.29, 1.82) is 0 Å². The van der Waals surface area contributed by atoms with E-state index in [9.17, 15) is 10.2 Å². The van der Waals surface area contributed by atoms with Crippen LogP contribution in [0.2, 0.25) is 0 Å². The van der Waals surface area contributed by atoms with E-state index in [1.54, 1.807) is 0 Å². The molecule has 17 heavy (non-hydrogen) atoms. The van der Waals surface area contributed by atoms with E-state index in [2.05, 4.69) is 13.2 Å². The van der Waals surface area contributed by atoms with Crippen molar-refractivity contribution in [2.75, 3.05) is 0 Å². The summed E-state index contributed by atoms with van der Waals surface area (Å²) in [5.74, 6) is 0.369. The zero-order valence-corrected chi connectivity index (χ0v) is 11.6. The molecule has 0 radical (unpaired) electrons. The number of rotatable bonds is 9. The van der Waals surface area contributed by atoms with Crippen molar-refractivity contribution in [3.05, 3.63) is 24.5 Å². The molecule has 0 saturated carbocycles. The van der Waals surface area contributed by atoms with Crippen LogP contribution in [0.4, 0.5) is 0 Å². The van der Waals surface area contributed by atoms with Crippen LogP contribution in [0.25, 0.3) is 0 Å². The molecule has 0 aliphatic rings. The van der Waals surface area contributed by atoms with E-state index in [0.29, 0.717) is 0 Å². The molecule has 0 spiro atoms. The molecule has 2 atom stereocenters. The van der Waals surface area contributed by atoms with Crippen LogP contribution in [-0.4, -0.2) is 15.8 Å². The van der Waals surface area contributed by atoms with Gasteiger partial charge < -0.3 is 10.2 Å². The van der Waals surface area contributed by atoms with Gasteiger partial charge in [0.1, 0.15) is 0 Å². The topological polar surface area (TPSA) is 40.5 Å². The maximum absolute atomic E-state index is 10.2. The predicted octanol–water partition coefficient (Wildman–Crippen LogP) is 4.36. The highest BCUT2D eigenvalue weighted by molar-refractivity contribution is 4.89. The third-order valence-electron chi connectivity index (χ3n) is 3.24. The molecule has 0 saturated heterocycles. The number of allylic oxidation sites excluding steroid dienone is 2. The fourth-order valence-electron chi connectivity index (χ4n) is 1.85. The first-order valence-corrected chi connectivity index (χ1v) is 6.49. The highest BCUT2D eigenvalue weighted by atomic mass is 16.3. The Balaban J connectivity index is 3.77. The molecule has 0 rings (SSSR count). The van der Waals surface area contributed by atoms with Gasteiger partial charge in [-0.2, -0.15) is 0 Å². The molecule has 0 heterocycles. The lowest BCUT2D eigenvalue weighted by Crippen LogP contribution is -2.24. The van der Waals surface area contributed by atoms with Gasteiger partial charge in [-0.3, -0.25) is 0 Å². The van der Waals surface area contributed by atoms with Crippen LogP contribution in [-0.2, 0) is 0 Å². The Labute approximate surface area is 106 Å². The maximum atomic E-state index is 10.2. The van der Waals surface area contributed by atoms with E-state index in [1.165, 1.54) is 5.57 Å². The molecule has 0 amide bonds. The Bertz CT molecular complexity index is 254. The Morgan fingerprint density at radius 1 is 1.24 bits per heavy atom. The standard InChI is InChI=1S/C15H28O2/c1-12(2)8-6-10-15(5,17)11-7-9-13(3)14(4)16/h13,16-17H,1,4,6-11H2,2-3,5H3. The van der Waals surface area contributed by atoms with Gasteiger partial charge in [0, 0.05) is 5.92 Å². The number of hydrogen-bond donors (Lipinski definition) is 2. The Hall–Kier alpha value is -0.760. The van der Waals surface area contributed by atoms with E-state index in [4.69, 9.17) is 0 Å². The normalized spacial score (nSPS) is 16.2. The van der Waals surface area contributed by atoms with Gasteiger partial charge in [0.25, 0.3) is 0 Å². The molecule has 0 aromatic carbocycles. The van der Waals surface area contributed by atoms with Crippen LogP contribution >= 0.6 is 0 Å². The summed E-state index contributed by atoms with van der Waals surface area (Å²) in [5.41, 5.74) is 0.581. The van der Waals surface area contributed by atoms with Gasteiger partial charge in [-0.05, 0) is 52.4 Å². The van der Waals surface area contributed by atoms with E-state index < -0.39 is 5.60 Å². The van der Waals surface area contributed by atoms with Crippen molar-refractivity contribution in [1.82, 2.24) is 0 Å². The van der Waals surface area contributed by atoms with Crippen LogP contribution in [0, 0.1) is 5.92 Å². The molecule has 0 aromatic rings. The Morgan fingerprint density at radius 3 is 2.24 bits per heavy atom. The first kappa shape index (κ1) is 16.2. The molecule has 100 valence electrons. The summed E-state index contributed by atoms with van der Waals surface area (Å²) < 4.78 is 0. The van der Waals surface area contributed by atoms with Crippen LogP contribution in [0.3, 0.4) is 0 Å². The SMILES string of the molecule is C=C(C)CCCC(C)(O)CCCC(C)C(=C)O. The van der Waals surface area contributed by atoms with Crippen molar-refractivity contribution < 1.29 is 10.2 Å². The number of aliphatic hydroxyl groups is 2. The zero-order chi connectivity index (χ0) is 13.5. The Morgan fingerprint density at radius 2 is 1.76 bits per heavy atom. The lowest BCUT2D eigenvalue weighted by molar-refractivity contribution is 0.0365. The lowest BCUT2D eigenvalue weighted by atomic mass is 9.90. The van der Waals surface area contributed by atoms with Gasteiger partial charge in [-0.15, -0.1) is 6.58 Å².